The van der Waals surface area contributed by atoms with E-state index in [1.54, 1.807) is 13.0 Å². The van der Waals surface area contributed by atoms with Gasteiger partial charge in [-0.2, -0.15) is 0 Å². The van der Waals surface area contributed by atoms with Gasteiger partial charge >= 0.3 is 0 Å². The van der Waals surface area contributed by atoms with Crippen molar-refractivity contribution in [3.63, 3.8) is 0 Å². The number of nitrogens with zero attached hydrogens (tertiary/aromatic N) is 1. The lowest BCUT2D eigenvalue weighted by atomic mass is 9.90. The number of hydrogen-bond donors (Lipinski definition) is 2. The fraction of sp³-hybridized carbons (Fsp3) is 0.273. The third-order valence-corrected chi connectivity index (χ3v) is 5.35. The number of likely N-dealkylation sites (tertiary alicyclic amines) is 1. The number of nitrogens with one attached hydrogen (secondary N) is 2. The molecule has 1 aliphatic heterocycles. The number of carbonyl (C=O) groups excluding carboxylic acids is 2. The minimum atomic E-state index is -0.756. The molecule has 1 fully saturated rings. The second kappa shape index (κ2) is 7.66. The number of piperidine rings is 1. The van der Waals surface area contributed by atoms with Crippen LogP contribution in [0.2, 0.25) is 0 Å². The van der Waals surface area contributed by atoms with Gasteiger partial charge in [0.25, 0.3) is 5.91 Å². The average Bonchev–Trinajstić information content (AvgIpc) is 3.11. The Hall–Kier alpha value is -3.22. The highest BCUT2D eigenvalue weighted by molar-refractivity contribution is 6.06. The van der Waals surface area contributed by atoms with Gasteiger partial charge in [0.1, 0.15) is 17.3 Å². The van der Waals surface area contributed by atoms with Crippen molar-refractivity contribution in [2.75, 3.05) is 18.4 Å². The predicted molar refractivity (Wildman–Crippen MR) is 107 cm³/mol. The van der Waals surface area contributed by atoms with Crippen molar-refractivity contribution in [2.45, 2.75) is 25.7 Å². The summed E-state index contributed by atoms with van der Waals surface area (Å²) in [7, 11) is 0. The first-order valence-electron chi connectivity index (χ1n) is 9.54. The molecule has 29 heavy (non-hydrogen) atoms. The first-order valence-corrected chi connectivity index (χ1v) is 9.54. The number of H-pyrrole nitrogens is 1. The zero-order valence-electron chi connectivity index (χ0n) is 16.0. The average molecular weight is 397 g/mol. The van der Waals surface area contributed by atoms with Gasteiger partial charge < -0.3 is 15.2 Å². The number of fused-ring (bicyclic) bond motifs is 1. The molecule has 2 heterocycles. The standard InChI is InChI=1S/C22H21F2N3O2/c1-13(28)27-6-2-3-15(12-27)14-4-5-20-16(7-14)8-21(26-20)22(29)25-19-10-17(23)9-18(24)11-19/h4-5,7-11,15,26H,2-3,6,12H2,1H3,(H,25,29)/t15-/m1/s1. The van der Waals surface area contributed by atoms with Gasteiger partial charge in [0, 0.05) is 48.6 Å². The van der Waals surface area contributed by atoms with E-state index in [0.29, 0.717) is 12.2 Å². The third kappa shape index (κ3) is 4.13. The summed E-state index contributed by atoms with van der Waals surface area (Å²) in [5, 5.41) is 3.38. The Balaban J connectivity index is 1.55. The molecule has 0 radical (unpaired) electrons. The summed E-state index contributed by atoms with van der Waals surface area (Å²) in [4.78, 5) is 29.1. The number of halogens is 2. The Morgan fingerprint density at radius 2 is 1.86 bits per heavy atom. The van der Waals surface area contributed by atoms with Crippen LogP contribution >= 0.6 is 0 Å². The highest BCUT2D eigenvalue weighted by Crippen LogP contribution is 2.29. The van der Waals surface area contributed by atoms with Crippen LogP contribution in [0.1, 0.15) is 41.7 Å². The molecule has 5 nitrogen and oxygen atoms in total. The van der Waals surface area contributed by atoms with Gasteiger partial charge in [-0.1, -0.05) is 6.07 Å². The van der Waals surface area contributed by atoms with Crippen LogP contribution in [-0.2, 0) is 4.79 Å². The number of aromatic nitrogens is 1. The van der Waals surface area contributed by atoms with E-state index >= 15 is 0 Å². The number of amides is 2. The van der Waals surface area contributed by atoms with Gasteiger partial charge in [0.2, 0.25) is 5.91 Å². The zero-order chi connectivity index (χ0) is 20.5. The molecule has 0 unspecified atom stereocenters. The van der Waals surface area contributed by atoms with Crippen molar-refractivity contribution in [2.24, 2.45) is 0 Å². The first kappa shape index (κ1) is 19.1. The van der Waals surface area contributed by atoms with E-state index in [9.17, 15) is 18.4 Å². The number of hydrogen-bond acceptors (Lipinski definition) is 2. The Labute approximate surface area is 166 Å². The maximum atomic E-state index is 13.3. The van der Waals surface area contributed by atoms with Crippen molar-refractivity contribution in [1.82, 2.24) is 9.88 Å². The van der Waals surface area contributed by atoms with Gasteiger partial charge in [-0.3, -0.25) is 9.59 Å². The Morgan fingerprint density at radius 1 is 1.10 bits per heavy atom. The van der Waals surface area contributed by atoms with E-state index in [4.69, 9.17) is 0 Å². The topological polar surface area (TPSA) is 65.2 Å². The molecule has 0 spiro atoms. The quantitative estimate of drug-likeness (QED) is 0.687. The molecule has 2 amide bonds. The number of rotatable bonds is 3. The molecule has 7 heteroatoms. The molecule has 1 saturated heterocycles. The minimum absolute atomic E-state index is 0.0541. The zero-order valence-corrected chi connectivity index (χ0v) is 16.0. The van der Waals surface area contributed by atoms with Gasteiger partial charge in [-0.05, 0) is 48.7 Å². The van der Waals surface area contributed by atoms with E-state index in [1.807, 2.05) is 23.1 Å². The SMILES string of the molecule is CC(=O)N1CCC[C@@H](c2ccc3[nH]c(C(=O)Nc4cc(F)cc(F)c4)cc3c2)C1. The predicted octanol–water partition coefficient (Wildman–Crippen LogP) is 4.42. The lowest BCUT2D eigenvalue weighted by molar-refractivity contribution is -0.130. The number of benzene rings is 2. The number of carbonyl (C=O) groups is 2. The van der Waals surface area contributed by atoms with Crippen molar-refractivity contribution in [3.05, 3.63) is 65.4 Å². The van der Waals surface area contributed by atoms with Gasteiger partial charge in [0.05, 0.1) is 0 Å². The molecular formula is C22H21F2N3O2. The van der Waals surface area contributed by atoms with Gasteiger partial charge in [-0.25, -0.2) is 8.78 Å². The molecular weight excluding hydrogens is 376 g/mol. The molecule has 3 aromatic rings. The van der Waals surface area contributed by atoms with Crippen molar-refractivity contribution in [3.8, 4) is 0 Å². The van der Waals surface area contributed by atoms with Gasteiger partial charge in [0.15, 0.2) is 0 Å². The van der Waals surface area contributed by atoms with Crippen LogP contribution in [-0.4, -0.2) is 34.8 Å². The molecule has 2 N–H and O–H groups in total. The summed E-state index contributed by atoms with van der Waals surface area (Å²) in [5.74, 6) is -1.64. The van der Waals surface area contributed by atoms with Crippen LogP contribution in [0.25, 0.3) is 10.9 Å². The number of anilines is 1. The summed E-state index contributed by atoms with van der Waals surface area (Å²) < 4.78 is 26.6. The first-order chi connectivity index (χ1) is 13.9. The number of aromatic amines is 1. The highest BCUT2D eigenvalue weighted by atomic mass is 19.1. The monoisotopic (exact) mass is 397 g/mol. The van der Waals surface area contributed by atoms with Gasteiger partial charge in [-0.15, -0.1) is 0 Å². The van der Waals surface area contributed by atoms with Crippen LogP contribution in [0.3, 0.4) is 0 Å². The van der Waals surface area contributed by atoms with E-state index in [1.165, 1.54) is 0 Å². The normalized spacial score (nSPS) is 16.8. The molecule has 4 rings (SSSR count). The Morgan fingerprint density at radius 3 is 2.59 bits per heavy atom. The second-order valence-corrected chi connectivity index (χ2v) is 7.45. The van der Waals surface area contributed by atoms with E-state index < -0.39 is 17.5 Å². The van der Waals surface area contributed by atoms with Crippen LogP contribution in [0, 0.1) is 11.6 Å². The lowest BCUT2D eigenvalue weighted by Crippen LogP contribution is -2.37. The molecule has 1 aromatic heterocycles. The van der Waals surface area contributed by atoms with Crippen molar-refractivity contribution >= 4 is 28.4 Å². The summed E-state index contributed by atoms with van der Waals surface area (Å²) in [6.45, 7) is 3.08. The van der Waals surface area contributed by atoms with Crippen LogP contribution in [0.5, 0.6) is 0 Å². The smallest absolute Gasteiger partial charge is 0.272 e. The van der Waals surface area contributed by atoms with Crippen molar-refractivity contribution in [1.29, 1.82) is 0 Å². The van der Waals surface area contributed by atoms with E-state index in [-0.39, 0.29) is 17.5 Å². The molecule has 2 aromatic carbocycles. The molecule has 0 saturated carbocycles. The largest absolute Gasteiger partial charge is 0.351 e. The van der Waals surface area contributed by atoms with E-state index in [2.05, 4.69) is 10.3 Å². The second-order valence-electron chi connectivity index (χ2n) is 7.45. The Kier molecular flexibility index (Phi) is 5.05. The fourth-order valence-electron chi connectivity index (χ4n) is 3.89. The van der Waals surface area contributed by atoms with Crippen LogP contribution < -0.4 is 5.32 Å². The van der Waals surface area contributed by atoms with E-state index in [0.717, 1.165) is 54.1 Å². The minimum Gasteiger partial charge on any atom is -0.351 e. The Bertz CT molecular complexity index is 1070. The van der Waals surface area contributed by atoms with Crippen molar-refractivity contribution < 1.29 is 18.4 Å². The summed E-state index contributed by atoms with van der Waals surface area (Å²) in [6.07, 6.45) is 1.98. The molecule has 150 valence electrons. The molecule has 1 atom stereocenters. The van der Waals surface area contributed by atoms with Crippen LogP contribution in [0.15, 0.2) is 42.5 Å². The summed E-state index contributed by atoms with van der Waals surface area (Å²) in [6, 6.07) is 10.5. The molecule has 1 aliphatic rings. The molecule has 0 bridgehead atoms. The highest BCUT2D eigenvalue weighted by Gasteiger charge is 2.23. The lowest BCUT2D eigenvalue weighted by Gasteiger charge is -2.32. The maximum absolute atomic E-state index is 13.3. The molecule has 0 aliphatic carbocycles. The fourth-order valence-corrected chi connectivity index (χ4v) is 3.89. The third-order valence-electron chi connectivity index (χ3n) is 5.35. The van der Waals surface area contributed by atoms with Crippen LogP contribution in [0.4, 0.5) is 14.5 Å². The maximum Gasteiger partial charge on any atom is 0.272 e. The summed E-state index contributed by atoms with van der Waals surface area (Å²) in [5.41, 5.74) is 2.28. The summed E-state index contributed by atoms with van der Waals surface area (Å²) >= 11 is 0.